The number of nitrogens with one attached hydrogen (secondary N) is 5. The number of phenols is 1. The van der Waals surface area contributed by atoms with E-state index >= 15 is 0 Å². The number of amides is 8. The van der Waals surface area contributed by atoms with Gasteiger partial charge in [0.05, 0.1) is 18.6 Å². The summed E-state index contributed by atoms with van der Waals surface area (Å²) in [7, 11) is 0. The Hall–Kier alpha value is -6.12. The lowest BCUT2D eigenvalue weighted by Gasteiger charge is -2.32. The van der Waals surface area contributed by atoms with E-state index in [4.69, 9.17) is 22.9 Å². The molecule has 1 fully saturated rings. The summed E-state index contributed by atoms with van der Waals surface area (Å²) >= 11 is 0. The number of benzene rings is 2. The van der Waals surface area contributed by atoms with E-state index in [1.807, 2.05) is 0 Å². The minimum Gasteiger partial charge on any atom is -0.508 e. The van der Waals surface area contributed by atoms with Gasteiger partial charge in [-0.25, -0.2) is 0 Å². The van der Waals surface area contributed by atoms with E-state index in [0.29, 0.717) is 43.4 Å². The molecule has 20 heteroatoms. The highest BCUT2D eigenvalue weighted by molar-refractivity contribution is 5.98. The van der Waals surface area contributed by atoms with Gasteiger partial charge in [0.25, 0.3) is 0 Å². The standard InChI is InChI=1S/C43H64N10O10/c1-4-24(2)35(41(61)52-36(25(3)54)42(62)50-32(23-34(46)56)39(59)49-31(37(47)57)22-26-11-6-5-7-12-26)51-40(60)33-14-10-20-53(33)43(63)30(13-8-9-19-44)48-38(58)29(45)21-27-15-17-28(55)18-16-27/h5-7,11-12,15-18,24-25,29-33,35-36,54-55H,4,8-10,13-14,19-23,44-45H2,1-3H3,(H2,46,56)(H2,47,57)(H,48,58)(H,49,59)(H,50,62)(H,51,60)(H,52,61)/t24-,25+,29-,30-,31-,32-,33-,35-,36-/m0/s1. The lowest BCUT2D eigenvalue weighted by Crippen LogP contribution is -2.62. The molecule has 8 amide bonds. The highest BCUT2D eigenvalue weighted by atomic mass is 16.3. The number of primary amides is 2. The molecular formula is C43H64N10O10. The number of nitrogens with two attached hydrogens (primary N) is 4. The number of nitrogens with zero attached hydrogens (tertiary/aromatic N) is 1. The zero-order valence-corrected chi connectivity index (χ0v) is 36.1. The first-order valence-corrected chi connectivity index (χ1v) is 21.2. The number of rotatable bonds is 25. The summed E-state index contributed by atoms with van der Waals surface area (Å²) in [6, 6.07) is 5.92. The Morgan fingerprint density at radius 3 is 1.94 bits per heavy atom. The number of hydrogen-bond acceptors (Lipinski definition) is 12. The van der Waals surface area contributed by atoms with Gasteiger partial charge in [-0.3, -0.25) is 38.4 Å². The van der Waals surface area contributed by atoms with Crippen molar-refractivity contribution in [1.82, 2.24) is 31.5 Å². The number of aromatic hydroxyl groups is 1. The Balaban J connectivity index is 1.75. The number of carbonyl (C=O) groups excluding carboxylic acids is 8. The number of phenolic OH excluding ortho intramolecular Hbond substituents is 1. The topological polar surface area (TPSA) is 344 Å². The largest absolute Gasteiger partial charge is 0.508 e. The third-order valence-corrected chi connectivity index (χ3v) is 11.0. The minimum absolute atomic E-state index is 0.00463. The van der Waals surface area contributed by atoms with Gasteiger partial charge in [-0.2, -0.15) is 0 Å². The normalized spacial score (nSPS) is 17.4. The molecule has 3 rings (SSSR count). The molecule has 0 saturated carbocycles. The van der Waals surface area contributed by atoms with Gasteiger partial charge in [0, 0.05) is 13.0 Å². The smallest absolute Gasteiger partial charge is 0.245 e. The fourth-order valence-electron chi connectivity index (χ4n) is 7.13. The van der Waals surface area contributed by atoms with Crippen molar-refractivity contribution in [3.8, 4) is 5.75 Å². The fraction of sp³-hybridized carbons (Fsp3) is 0.535. The van der Waals surface area contributed by atoms with Crippen LogP contribution < -0.4 is 49.5 Å². The summed E-state index contributed by atoms with van der Waals surface area (Å²) in [5.41, 5.74) is 24.2. The maximum atomic E-state index is 14.1. The van der Waals surface area contributed by atoms with E-state index in [0.717, 1.165) is 0 Å². The number of unbranched alkanes of at least 4 members (excludes halogenated alkanes) is 1. The molecule has 1 aliphatic heterocycles. The zero-order valence-electron chi connectivity index (χ0n) is 36.1. The van der Waals surface area contributed by atoms with Crippen molar-refractivity contribution in [3.63, 3.8) is 0 Å². The van der Waals surface area contributed by atoms with Crippen LogP contribution in [0.5, 0.6) is 5.75 Å². The molecule has 9 atom stereocenters. The second-order valence-electron chi connectivity index (χ2n) is 16.0. The SMILES string of the molecule is CC[C@H](C)[C@H](NC(=O)[C@@H]1CCCN1C(=O)[C@H](CCCCN)NC(=O)[C@@H](N)Cc1ccc(O)cc1)C(=O)N[C@H](C(=O)N[C@@H](CC(N)=O)C(=O)N[C@@H](Cc1ccccc1)C(N)=O)[C@@H](C)O. The van der Waals surface area contributed by atoms with Gasteiger partial charge < -0.3 is 64.6 Å². The fourth-order valence-corrected chi connectivity index (χ4v) is 7.13. The summed E-state index contributed by atoms with van der Waals surface area (Å²) in [5.74, 6) is -7.01. The molecule has 20 nitrogen and oxygen atoms in total. The van der Waals surface area contributed by atoms with Gasteiger partial charge in [0.2, 0.25) is 47.3 Å². The molecule has 0 spiro atoms. The second kappa shape index (κ2) is 25.1. The summed E-state index contributed by atoms with van der Waals surface area (Å²) in [6.45, 7) is 5.21. The molecule has 0 unspecified atom stereocenters. The third-order valence-electron chi connectivity index (χ3n) is 11.0. The molecule has 15 N–H and O–H groups in total. The van der Waals surface area contributed by atoms with Crippen molar-refractivity contribution < 1.29 is 48.6 Å². The Bertz CT molecular complexity index is 1880. The Morgan fingerprint density at radius 2 is 1.35 bits per heavy atom. The van der Waals surface area contributed by atoms with Crippen LogP contribution in [0.1, 0.15) is 76.8 Å². The van der Waals surface area contributed by atoms with Gasteiger partial charge >= 0.3 is 0 Å². The van der Waals surface area contributed by atoms with Crippen LogP contribution in [0.25, 0.3) is 0 Å². The van der Waals surface area contributed by atoms with Gasteiger partial charge in [-0.05, 0) is 81.2 Å². The Kier molecular flexibility index (Phi) is 20.4. The average Bonchev–Trinajstić information content (AvgIpc) is 3.74. The van der Waals surface area contributed by atoms with Crippen LogP contribution in [-0.2, 0) is 51.2 Å². The van der Waals surface area contributed by atoms with Crippen molar-refractivity contribution in [2.45, 2.75) is 127 Å². The van der Waals surface area contributed by atoms with Crippen LogP contribution >= 0.6 is 0 Å². The summed E-state index contributed by atoms with van der Waals surface area (Å²) in [6.07, 6.45) is 0.245. The van der Waals surface area contributed by atoms with Gasteiger partial charge in [0.15, 0.2) is 0 Å². The van der Waals surface area contributed by atoms with E-state index < -0.39 is 108 Å². The van der Waals surface area contributed by atoms with E-state index in [9.17, 15) is 48.6 Å². The van der Waals surface area contributed by atoms with Crippen LogP contribution in [0.4, 0.5) is 0 Å². The molecule has 1 aliphatic rings. The van der Waals surface area contributed by atoms with Crippen molar-refractivity contribution in [3.05, 3.63) is 65.7 Å². The first-order valence-electron chi connectivity index (χ1n) is 21.2. The van der Waals surface area contributed by atoms with Gasteiger partial charge in [0.1, 0.15) is 42.0 Å². The van der Waals surface area contributed by atoms with Crippen molar-refractivity contribution >= 4 is 47.3 Å². The van der Waals surface area contributed by atoms with Gasteiger partial charge in [-0.15, -0.1) is 0 Å². The Morgan fingerprint density at radius 1 is 0.746 bits per heavy atom. The van der Waals surface area contributed by atoms with Crippen LogP contribution in [0, 0.1) is 5.92 Å². The maximum absolute atomic E-state index is 14.1. The average molecular weight is 881 g/mol. The second-order valence-corrected chi connectivity index (χ2v) is 16.0. The number of hydrogen-bond donors (Lipinski definition) is 11. The number of likely N-dealkylation sites (tertiary alicyclic amines) is 1. The highest BCUT2D eigenvalue weighted by Gasteiger charge is 2.41. The molecule has 2 aromatic rings. The van der Waals surface area contributed by atoms with Crippen molar-refractivity contribution in [2.75, 3.05) is 13.1 Å². The van der Waals surface area contributed by atoms with E-state index in [-0.39, 0.29) is 38.0 Å². The molecular weight excluding hydrogens is 817 g/mol. The Labute approximate surface area is 367 Å². The van der Waals surface area contributed by atoms with Crippen LogP contribution in [-0.4, -0.2) is 124 Å². The minimum atomic E-state index is -1.71. The molecule has 2 aromatic carbocycles. The predicted octanol–water partition coefficient (Wildman–Crippen LogP) is -2.16. The van der Waals surface area contributed by atoms with E-state index in [2.05, 4.69) is 26.6 Å². The first kappa shape index (κ1) is 51.2. The van der Waals surface area contributed by atoms with Crippen LogP contribution in [0.3, 0.4) is 0 Å². The molecule has 1 heterocycles. The molecule has 0 aliphatic carbocycles. The molecule has 0 bridgehead atoms. The lowest BCUT2D eigenvalue weighted by atomic mass is 9.96. The number of aliphatic hydroxyl groups is 1. The maximum Gasteiger partial charge on any atom is 0.245 e. The number of carbonyl (C=O) groups is 8. The quantitative estimate of drug-likeness (QED) is 0.0475. The number of aliphatic hydroxyl groups excluding tert-OH is 1. The molecule has 0 radical (unpaired) electrons. The van der Waals surface area contributed by atoms with Gasteiger partial charge in [-0.1, -0.05) is 62.7 Å². The summed E-state index contributed by atoms with van der Waals surface area (Å²) in [4.78, 5) is 108. The van der Waals surface area contributed by atoms with Crippen molar-refractivity contribution in [2.24, 2.45) is 28.9 Å². The molecule has 346 valence electrons. The first-order chi connectivity index (χ1) is 29.9. The highest BCUT2D eigenvalue weighted by Crippen LogP contribution is 2.22. The van der Waals surface area contributed by atoms with E-state index in [1.54, 1.807) is 56.3 Å². The monoisotopic (exact) mass is 880 g/mol. The summed E-state index contributed by atoms with van der Waals surface area (Å²) in [5, 5.41) is 33.0. The molecule has 0 aromatic heterocycles. The predicted molar refractivity (Wildman–Crippen MR) is 231 cm³/mol. The van der Waals surface area contributed by atoms with E-state index in [1.165, 1.54) is 24.0 Å². The third kappa shape index (κ3) is 15.9. The summed E-state index contributed by atoms with van der Waals surface area (Å²) < 4.78 is 0. The molecule has 63 heavy (non-hydrogen) atoms. The zero-order chi connectivity index (χ0) is 46.8. The molecule has 1 saturated heterocycles. The lowest BCUT2D eigenvalue weighted by molar-refractivity contribution is -0.143. The van der Waals surface area contributed by atoms with Crippen LogP contribution in [0.2, 0.25) is 0 Å². The van der Waals surface area contributed by atoms with Crippen LogP contribution in [0.15, 0.2) is 54.6 Å². The van der Waals surface area contributed by atoms with Crippen molar-refractivity contribution in [1.29, 1.82) is 0 Å².